The molecule has 6 nitrogen and oxygen atoms in total. The summed E-state index contributed by atoms with van der Waals surface area (Å²) in [4.78, 5) is 0. The van der Waals surface area contributed by atoms with E-state index in [0.29, 0.717) is 6.61 Å². The molecule has 6 heteroatoms. The predicted molar refractivity (Wildman–Crippen MR) is 139 cm³/mol. The van der Waals surface area contributed by atoms with E-state index in [1.165, 1.54) is 33.4 Å². The van der Waals surface area contributed by atoms with Crippen LogP contribution in [-0.4, -0.2) is 29.6 Å². The van der Waals surface area contributed by atoms with Crippen molar-refractivity contribution in [2.75, 3.05) is 13.7 Å². The maximum Gasteiger partial charge on any atom is 0.147 e. The average Bonchev–Trinajstić information content (AvgIpc) is 3.36. The first kappa shape index (κ1) is 22.7. The van der Waals surface area contributed by atoms with Crippen molar-refractivity contribution in [1.82, 2.24) is 10.2 Å². The number of rotatable bonds is 6. The summed E-state index contributed by atoms with van der Waals surface area (Å²) in [6.45, 7) is 4.82. The first-order valence-corrected chi connectivity index (χ1v) is 11.8. The first-order chi connectivity index (χ1) is 17.1. The van der Waals surface area contributed by atoms with Gasteiger partial charge in [0.1, 0.15) is 30.0 Å². The van der Waals surface area contributed by atoms with E-state index in [2.05, 4.69) is 59.5 Å². The fourth-order valence-electron chi connectivity index (χ4n) is 4.69. The molecule has 0 unspecified atom stereocenters. The topological polar surface area (TPSA) is 73.2 Å². The van der Waals surface area contributed by atoms with Crippen LogP contribution in [-0.2, 0) is 6.42 Å². The molecular formula is C29H29N4O2+. The zero-order valence-corrected chi connectivity index (χ0v) is 20.3. The highest BCUT2D eigenvalue weighted by Crippen LogP contribution is 2.35. The summed E-state index contributed by atoms with van der Waals surface area (Å²) in [5.41, 5.74) is 12.4. The molecule has 0 atom stereocenters. The molecule has 176 valence electrons. The first-order valence-electron chi connectivity index (χ1n) is 11.8. The van der Waals surface area contributed by atoms with Gasteiger partial charge in [-0.3, -0.25) is 0 Å². The molecule has 2 heterocycles. The highest BCUT2D eigenvalue weighted by Gasteiger charge is 2.19. The van der Waals surface area contributed by atoms with E-state index in [0.717, 1.165) is 41.2 Å². The summed E-state index contributed by atoms with van der Waals surface area (Å²) in [5.74, 6) is 1.70. The van der Waals surface area contributed by atoms with Crippen molar-refractivity contribution in [3.05, 3.63) is 101 Å². The standard InChI is InChI=1S/C29H28N4O2/c1-19-4-5-21-6-11-26(34-3)15-24(21)14-20(2)29(19)22-7-9-25(10-8-22)35-18-28-27(17-32-33-28)23-12-13-30-31-16-23/h6-17H,4-5,18H2,1-3H3,(H,32,33)/p+1/b20-14-,29-19-. The molecule has 5 rings (SSSR count). The van der Waals surface area contributed by atoms with Crippen molar-refractivity contribution in [1.29, 1.82) is 0 Å². The van der Waals surface area contributed by atoms with E-state index in [1.54, 1.807) is 24.9 Å². The number of aryl methyl sites for hydroxylation is 1. The molecule has 1 aromatic heterocycles. The van der Waals surface area contributed by atoms with Crippen LogP contribution in [0.3, 0.4) is 0 Å². The number of hydrogen-bond donors (Lipinski definition) is 1. The van der Waals surface area contributed by atoms with Gasteiger partial charge in [0, 0.05) is 5.56 Å². The third-order valence-electron chi connectivity index (χ3n) is 6.51. The largest absolute Gasteiger partial charge is 0.497 e. The van der Waals surface area contributed by atoms with Gasteiger partial charge in [0.2, 0.25) is 0 Å². The van der Waals surface area contributed by atoms with E-state index in [9.17, 15) is 0 Å². The van der Waals surface area contributed by atoms with Gasteiger partial charge in [-0.05, 0) is 84.9 Å². The minimum atomic E-state index is 0.392. The summed E-state index contributed by atoms with van der Waals surface area (Å²) in [6, 6.07) is 16.6. The number of nitrogens with two attached hydrogens (primary N) is 1. The quantitative estimate of drug-likeness (QED) is 0.538. The van der Waals surface area contributed by atoms with Crippen molar-refractivity contribution in [3.8, 4) is 11.5 Å². The van der Waals surface area contributed by atoms with Gasteiger partial charge in [-0.25, -0.2) is 0 Å². The minimum Gasteiger partial charge on any atom is -0.497 e. The molecule has 0 bridgehead atoms. The van der Waals surface area contributed by atoms with Gasteiger partial charge in [0.15, 0.2) is 0 Å². The van der Waals surface area contributed by atoms with Crippen molar-refractivity contribution >= 4 is 22.9 Å². The van der Waals surface area contributed by atoms with Gasteiger partial charge < -0.3 is 9.47 Å². The SMILES string of the molecule is COc1ccc2c(c1)/C=C(C)\C(c1ccc(OCC3=N[NH2+]C=C3c3ccnnc3)cc1)=C(/C)CC2. The number of hydrogen-bond acceptors (Lipinski definition) is 5. The van der Waals surface area contributed by atoms with Crippen molar-refractivity contribution in [2.24, 2.45) is 5.10 Å². The number of fused-ring (bicyclic) bond motifs is 1. The summed E-state index contributed by atoms with van der Waals surface area (Å²) in [5, 5.41) is 12.3. The lowest BCUT2D eigenvalue weighted by atomic mass is 9.86. The Balaban J connectivity index is 1.33. The number of methoxy groups -OCH3 is 1. The molecule has 0 radical (unpaired) electrons. The second-order valence-electron chi connectivity index (χ2n) is 8.80. The van der Waals surface area contributed by atoms with Crippen LogP contribution >= 0.6 is 0 Å². The van der Waals surface area contributed by atoms with E-state index >= 15 is 0 Å². The molecule has 1 aliphatic carbocycles. The van der Waals surface area contributed by atoms with Gasteiger partial charge in [-0.15, -0.1) is 0 Å². The van der Waals surface area contributed by atoms with Gasteiger partial charge in [0.05, 0.1) is 25.1 Å². The Bertz CT molecular complexity index is 1350. The summed E-state index contributed by atoms with van der Waals surface area (Å²) < 4.78 is 11.5. The second kappa shape index (κ2) is 10.1. The Hall–Kier alpha value is -4.03. The highest BCUT2D eigenvalue weighted by atomic mass is 16.5. The van der Waals surface area contributed by atoms with E-state index in [4.69, 9.17) is 9.47 Å². The number of allylic oxidation sites excluding steroid dienone is 3. The fourth-order valence-corrected chi connectivity index (χ4v) is 4.69. The molecule has 0 spiro atoms. The van der Waals surface area contributed by atoms with Crippen LogP contribution < -0.4 is 14.9 Å². The molecule has 2 N–H and O–H groups in total. The molecule has 35 heavy (non-hydrogen) atoms. The normalized spacial score (nSPS) is 19.0. The van der Waals surface area contributed by atoms with Crippen LogP contribution in [0.4, 0.5) is 0 Å². The van der Waals surface area contributed by atoms with Gasteiger partial charge in [0.25, 0.3) is 0 Å². The van der Waals surface area contributed by atoms with E-state index in [1.807, 2.05) is 30.5 Å². The number of benzene rings is 2. The molecule has 0 amide bonds. The number of nitrogens with zero attached hydrogens (tertiary/aromatic N) is 3. The Morgan fingerprint density at radius 3 is 2.51 bits per heavy atom. The number of quaternary nitrogens is 1. The van der Waals surface area contributed by atoms with Crippen molar-refractivity contribution in [3.63, 3.8) is 0 Å². The maximum atomic E-state index is 6.08. The molecule has 2 aliphatic rings. The van der Waals surface area contributed by atoms with Crippen LogP contribution in [0.25, 0.3) is 17.2 Å². The maximum absolute atomic E-state index is 6.08. The van der Waals surface area contributed by atoms with Crippen LogP contribution in [0.5, 0.6) is 11.5 Å². The zero-order chi connectivity index (χ0) is 24.2. The molecule has 0 saturated heterocycles. The highest BCUT2D eigenvalue weighted by molar-refractivity contribution is 6.24. The lowest BCUT2D eigenvalue weighted by Crippen LogP contribution is -2.69. The predicted octanol–water partition coefficient (Wildman–Crippen LogP) is 4.66. The van der Waals surface area contributed by atoms with Crippen LogP contribution in [0.15, 0.2) is 83.4 Å². The third kappa shape index (κ3) is 4.93. The second-order valence-corrected chi connectivity index (χ2v) is 8.80. The molecule has 3 aromatic rings. The van der Waals surface area contributed by atoms with Gasteiger partial charge in [-0.1, -0.05) is 34.9 Å². The third-order valence-corrected chi connectivity index (χ3v) is 6.51. The summed E-state index contributed by atoms with van der Waals surface area (Å²) in [6.07, 6.45) is 9.71. The summed E-state index contributed by atoms with van der Waals surface area (Å²) in [7, 11) is 1.71. The lowest BCUT2D eigenvalue weighted by molar-refractivity contribution is -0.589. The average molecular weight is 466 g/mol. The number of ether oxygens (including phenoxy) is 2. The van der Waals surface area contributed by atoms with Crippen LogP contribution in [0, 0.1) is 0 Å². The zero-order valence-electron chi connectivity index (χ0n) is 20.3. The molecular weight excluding hydrogens is 436 g/mol. The Morgan fingerprint density at radius 1 is 0.914 bits per heavy atom. The molecule has 2 aromatic carbocycles. The lowest BCUT2D eigenvalue weighted by Gasteiger charge is -2.19. The van der Waals surface area contributed by atoms with Crippen LogP contribution in [0.1, 0.15) is 42.5 Å². The van der Waals surface area contributed by atoms with E-state index in [-0.39, 0.29) is 0 Å². The summed E-state index contributed by atoms with van der Waals surface area (Å²) >= 11 is 0. The van der Waals surface area contributed by atoms with Crippen LogP contribution in [0.2, 0.25) is 0 Å². The molecule has 0 fully saturated rings. The smallest absolute Gasteiger partial charge is 0.147 e. The number of aromatic nitrogens is 2. The Kier molecular flexibility index (Phi) is 6.55. The van der Waals surface area contributed by atoms with Gasteiger partial charge >= 0.3 is 0 Å². The Labute approximate surface area is 205 Å². The van der Waals surface area contributed by atoms with Crippen molar-refractivity contribution < 1.29 is 14.9 Å². The minimum absolute atomic E-state index is 0.392. The molecule has 1 aliphatic heterocycles. The monoisotopic (exact) mass is 465 g/mol. The van der Waals surface area contributed by atoms with E-state index < -0.39 is 0 Å². The van der Waals surface area contributed by atoms with Crippen molar-refractivity contribution in [2.45, 2.75) is 26.7 Å². The molecule has 0 saturated carbocycles. The Morgan fingerprint density at radius 2 is 1.74 bits per heavy atom. The fraction of sp³-hybridized carbons (Fsp3) is 0.207. The van der Waals surface area contributed by atoms with Gasteiger partial charge in [-0.2, -0.15) is 15.6 Å².